The molecule has 0 atom stereocenters. The van der Waals surface area contributed by atoms with Crippen molar-refractivity contribution < 1.29 is 4.74 Å². The minimum absolute atomic E-state index is 0. The Morgan fingerprint density at radius 3 is 2.32 bits per heavy atom. The highest BCUT2D eigenvalue weighted by molar-refractivity contribution is 14.0. The van der Waals surface area contributed by atoms with Gasteiger partial charge in [0, 0.05) is 32.4 Å². The third-order valence-corrected chi connectivity index (χ3v) is 4.32. The Kier molecular flexibility index (Phi) is 11.6. The molecule has 0 radical (unpaired) electrons. The first-order valence-electron chi connectivity index (χ1n) is 9.73. The number of aromatic nitrogens is 2. The SMILES string of the molecule is CN=C(NCCCCOc1ccc(C)cc1)NCCCn1nc(C)cc1C.I. The molecule has 0 saturated carbocycles. The molecule has 0 aliphatic carbocycles. The van der Waals surface area contributed by atoms with Crippen LogP contribution >= 0.6 is 24.0 Å². The average Bonchev–Trinajstić information content (AvgIpc) is 2.98. The molecule has 2 rings (SSSR count). The van der Waals surface area contributed by atoms with E-state index in [1.54, 1.807) is 7.05 Å². The van der Waals surface area contributed by atoms with E-state index in [1.165, 1.54) is 11.3 Å². The number of aliphatic imine (C=N–C) groups is 1. The van der Waals surface area contributed by atoms with Crippen LogP contribution in [-0.2, 0) is 6.54 Å². The summed E-state index contributed by atoms with van der Waals surface area (Å²) in [5.41, 5.74) is 3.53. The minimum atomic E-state index is 0. The molecule has 28 heavy (non-hydrogen) atoms. The third kappa shape index (κ3) is 8.95. The number of guanidine groups is 1. The lowest BCUT2D eigenvalue weighted by Gasteiger charge is -2.12. The highest BCUT2D eigenvalue weighted by Crippen LogP contribution is 2.11. The Morgan fingerprint density at radius 2 is 1.71 bits per heavy atom. The van der Waals surface area contributed by atoms with E-state index in [-0.39, 0.29) is 24.0 Å². The Balaban J connectivity index is 0.00000392. The Morgan fingerprint density at radius 1 is 1.04 bits per heavy atom. The van der Waals surface area contributed by atoms with Gasteiger partial charge in [0.2, 0.25) is 0 Å². The van der Waals surface area contributed by atoms with Gasteiger partial charge in [-0.2, -0.15) is 5.10 Å². The normalized spacial score (nSPS) is 11.1. The van der Waals surface area contributed by atoms with Crippen molar-refractivity contribution in [2.75, 3.05) is 26.7 Å². The van der Waals surface area contributed by atoms with E-state index in [0.717, 1.165) is 62.9 Å². The number of hydrogen-bond donors (Lipinski definition) is 2. The number of halogens is 1. The molecule has 0 amide bonds. The Labute approximate surface area is 186 Å². The average molecular weight is 499 g/mol. The van der Waals surface area contributed by atoms with Crippen LogP contribution in [0.2, 0.25) is 0 Å². The summed E-state index contributed by atoms with van der Waals surface area (Å²) in [5, 5.41) is 11.2. The van der Waals surface area contributed by atoms with Gasteiger partial charge >= 0.3 is 0 Å². The maximum absolute atomic E-state index is 5.75. The van der Waals surface area contributed by atoms with Crippen molar-refractivity contribution in [3.8, 4) is 5.75 Å². The van der Waals surface area contributed by atoms with Crippen molar-refractivity contribution in [3.05, 3.63) is 47.3 Å². The predicted molar refractivity (Wildman–Crippen MR) is 127 cm³/mol. The van der Waals surface area contributed by atoms with E-state index in [1.807, 2.05) is 19.1 Å². The zero-order valence-electron chi connectivity index (χ0n) is 17.5. The predicted octanol–water partition coefficient (Wildman–Crippen LogP) is 3.84. The van der Waals surface area contributed by atoms with Gasteiger partial charge in [0.05, 0.1) is 12.3 Å². The second-order valence-electron chi connectivity index (χ2n) is 6.80. The summed E-state index contributed by atoms with van der Waals surface area (Å²) in [7, 11) is 1.80. The van der Waals surface area contributed by atoms with Crippen molar-refractivity contribution in [3.63, 3.8) is 0 Å². The molecule has 0 aliphatic rings. The second-order valence-corrected chi connectivity index (χ2v) is 6.80. The van der Waals surface area contributed by atoms with E-state index in [9.17, 15) is 0 Å². The van der Waals surface area contributed by atoms with Gasteiger partial charge in [-0.25, -0.2) is 0 Å². The van der Waals surface area contributed by atoms with Crippen LogP contribution in [0, 0.1) is 20.8 Å². The number of hydrogen-bond acceptors (Lipinski definition) is 3. The third-order valence-electron chi connectivity index (χ3n) is 4.32. The van der Waals surface area contributed by atoms with Crippen LogP contribution in [0.1, 0.15) is 36.2 Å². The molecule has 2 N–H and O–H groups in total. The van der Waals surface area contributed by atoms with E-state index < -0.39 is 0 Å². The molecule has 0 aliphatic heterocycles. The molecule has 7 heteroatoms. The number of ether oxygens (including phenoxy) is 1. The first-order valence-corrected chi connectivity index (χ1v) is 9.73. The molecule has 156 valence electrons. The summed E-state index contributed by atoms with van der Waals surface area (Å²) in [6.45, 7) is 9.61. The minimum Gasteiger partial charge on any atom is -0.494 e. The highest BCUT2D eigenvalue weighted by atomic mass is 127. The van der Waals surface area contributed by atoms with Crippen molar-refractivity contribution in [1.29, 1.82) is 0 Å². The fourth-order valence-electron chi connectivity index (χ4n) is 2.82. The fourth-order valence-corrected chi connectivity index (χ4v) is 2.82. The maximum atomic E-state index is 5.75. The van der Waals surface area contributed by atoms with E-state index in [0.29, 0.717) is 0 Å². The molecule has 0 saturated heterocycles. The second kappa shape index (κ2) is 13.4. The molecule has 0 unspecified atom stereocenters. The fraction of sp³-hybridized carbons (Fsp3) is 0.524. The molecule has 0 bridgehead atoms. The summed E-state index contributed by atoms with van der Waals surface area (Å²) >= 11 is 0. The first-order chi connectivity index (χ1) is 13.1. The number of rotatable bonds is 10. The van der Waals surface area contributed by atoms with E-state index in [4.69, 9.17) is 4.74 Å². The molecule has 6 nitrogen and oxygen atoms in total. The lowest BCUT2D eigenvalue weighted by Crippen LogP contribution is -2.38. The molecule has 2 aromatic rings. The van der Waals surface area contributed by atoms with Gasteiger partial charge in [0.25, 0.3) is 0 Å². The van der Waals surface area contributed by atoms with Gasteiger partial charge in [-0.15, -0.1) is 24.0 Å². The van der Waals surface area contributed by atoms with Crippen molar-refractivity contribution >= 4 is 29.9 Å². The molecule has 1 heterocycles. The van der Waals surface area contributed by atoms with Crippen LogP contribution in [0.4, 0.5) is 0 Å². The van der Waals surface area contributed by atoms with Crippen LogP contribution in [0.25, 0.3) is 0 Å². The molecule has 0 fully saturated rings. The quantitative estimate of drug-likeness (QED) is 0.226. The van der Waals surface area contributed by atoms with E-state index >= 15 is 0 Å². The first kappa shape index (κ1) is 24.3. The van der Waals surface area contributed by atoms with Gasteiger partial charge in [-0.3, -0.25) is 9.67 Å². The van der Waals surface area contributed by atoms with Crippen LogP contribution < -0.4 is 15.4 Å². The monoisotopic (exact) mass is 499 g/mol. The highest BCUT2D eigenvalue weighted by Gasteiger charge is 2.01. The van der Waals surface area contributed by atoms with Crippen LogP contribution in [0.3, 0.4) is 0 Å². The summed E-state index contributed by atoms with van der Waals surface area (Å²) in [5.74, 6) is 1.79. The molecule has 0 spiro atoms. The summed E-state index contributed by atoms with van der Waals surface area (Å²) in [6, 6.07) is 10.3. The van der Waals surface area contributed by atoms with E-state index in [2.05, 4.69) is 57.5 Å². The van der Waals surface area contributed by atoms with Gasteiger partial charge in [0.15, 0.2) is 5.96 Å². The van der Waals surface area contributed by atoms with Gasteiger partial charge in [0.1, 0.15) is 5.75 Å². The van der Waals surface area contributed by atoms with Crippen molar-refractivity contribution in [2.24, 2.45) is 4.99 Å². The van der Waals surface area contributed by atoms with Crippen molar-refractivity contribution in [1.82, 2.24) is 20.4 Å². The lowest BCUT2D eigenvalue weighted by molar-refractivity contribution is 0.307. The summed E-state index contributed by atoms with van der Waals surface area (Å²) < 4.78 is 7.80. The molecular weight excluding hydrogens is 465 g/mol. The summed E-state index contributed by atoms with van der Waals surface area (Å²) in [6.07, 6.45) is 3.06. The zero-order valence-corrected chi connectivity index (χ0v) is 19.8. The van der Waals surface area contributed by atoms with Crippen LogP contribution in [0.15, 0.2) is 35.3 Å². The summed E-state index contributed by atoms with van der Waals surface area (Å²) in [4.78, 5) is 4.27. The lowest BCUT2D eigenvalue weighted by atomic mass is 10.2. The van der Waals surface area contributed by atoms with Crippen LogP contribution in [-0.4, -0.2) is 42.5 Å². The maximum Gasteiger partial charge on any atom is 0.190 e. The zero-order chi connectivity index (χ0) is 19.5. The van der Waals surface area contributed by atoms with Gasteiger partial charge in [-0.1, -0.05) is 17.7 Å². The van der Waals surface area contributed by atoms with Crippen molar-refractivity contribution in [2.45, 2.75) is 46.6 Å². The Bertz CT molecular complexity index is 712. The van der Waals surface area contributed by atoms with Crippen LogP contribution in [0.5, 0.6) is 5.75 Å². The molecular formula is C21H34IN5O. The Hall–Kier alpha value is -1.77. The van der Waals surface area contributed by atoms with Gasteiger partial charge in [-0.05, 0) is 58.2 Å². The smallest absolute Gasteiger partial charge is 0.190 e. The molecule has 1 aromatic heterocycles. The molecule has 1 aromatic carbocycles. The number of benzene rings is 1. The number of nitrogens with zero attached hydrogens (tertiary/aromatic N) is 3. The standard InChI is InChI=1S/C21H33N5O.HI/c1-17-8-10-20(11-9-17)27-15-6-5-12-23-21(22-4)24-13-7-14-26-19(3)16-18(2)25-26;/h8-11,16H,5-7,12-15H2,1-4H3,(H2,22,23,24);1H. The van der Waals surface area contributed by atoms with Gasteiger partial charge < -0.3 is 15.4 Å². The number of unbranched alkanes of at least 4 members (excludes halogenated alkanes) is 1. The number of aryl methyl sites for hydroxylation is 4. The topological polar surface area (TPSA) is 63.5 Å². The largest absolute Gasteiger partial charge is 0.494 e. The number of nitrogens with one attached hydrogen (secondary N) is 2.